The molecule has 0 bridgehead atoms. The normalized spacial score (nSPS) is 16.5. The van der Waals surface area contributed by atoms with Crippen LogP contribution in [0.4, 0.5) is 26.7 Å². The summed E-state index contributed by atoms with van der Waals surface area (Å²) in [4.78, 5) is 128. The number of carbonyl (C=O) groups excluding carboxylic acids is 7. The SMILES string of the molecule is C.CC(C)(C)OC(=O)N1CCC[C@H](N)C1.CCOC(=O)c1cnc2[nH]ccc2c1Cl.CCOC(=O)c1cnc2[nH]ccc2c1N[C@H]1CCCN(C(=O)CC#N)C1.CCOC(=O)c1cnc2[nH]ccc2c1N[C@H]1CCCN(C(=O)OC(C)(C)C)C1.CCOC(=O)c1cnc2[nH]ccc2c1N[C@H]1CCCNC1.Cl.N#CCC(=O)O. The van der Waals surface area contributed by atoms with Gasteiger partial charge in [0.05, 0.1) is 66.2 Å². The lowest BCUT2D eigenvalue weighted by Crippen LogP contribution is -2.47. The zero-order valence-electron chi connectivity index (χ0n) is 64.3. The second kappa shape index (κ2) is 44.7. The molecule has 0 aromatic carbocycles. The average Bonchev–Trinajstić information content (AvgIpc) is 1.56. The molecular formula is C77H106Cl2N18O15. The molecule has 12 rings (SSSR count). The van der Waals surface area contributed by atoms with Gasteiger partial charge in [0, 0.05) is 141 Å². The number of amides is 3. The number of likely N-dealkylation sites (tertiary alicyclic amines) is 3. The Morgan fingerprint density at radius 2 is 0.875 bits per heavy atom. The Labute approximate surface area is 662 Å². The van der Waals surface area contributed by atoms with E-state index in [1.807, 2.05) is 72.0 Å². The summed E-state index contributed by atoms with van der Waals surface area (Å²) >= 11 is 6.05. The monoisotopic (exact) mass is 1590 g/mol. The zero-order valence-corrected chi connectivity index (χ0v) is 65.9. The van der Waals surface area contributed by atoms with Gasteiger partial charge in [0.2, 0.25) is 5.91 Å². The van der Waals surface area contributed by atoms with Crippen LogP contribution in [0, 0.1) is 22.7 Å². The molecule has 0 radical (unpaired) electrons. The quantitative estimate of drug-likeness (QED) is 0.0317. The fourth-order valence-electron chi connectivity index (χ4n) is 12.2. The number of fused-ring (bicyclic) bond motifs is 4. The Morgan fingerprint density at radius 1 is 0.527 bits per heavy atom. The fraction of sp³-hybridized carbons (Fsp3) is 0.506. The number of nitrogens with zero attached hydrogens (tertiary/aromatic N) is 9. The van der Waals surface area contributed by atoms with E-state index in [9.17, 15) is 38.4 Å². The third kappa shape index (κ3) is 27.2. The maximum atomic E-state index is 12.4. The van der Waals surface area contributed by atoms with E-state index in [1.54, 1.807) is 73.2 Å². The Kier molecular flexibility index (Phi) is 36.6. The predicted molar refractivity (Wildman–Crippen MR) is 427 cm³/mol. The van der Waals surface area contributed by atoms with Gasteiger partial charge in [-0.1, -0.05) is 19.0 Å². The Bertz CT molecular complexity index is 4510. The number of aromatic amines is 4. The summed E-state index contributed by atoms with van der Waals surface area (Å²) in [5.41, 5.74) is 11.3. The van der Waals surface area contributed by atoms with E-state index in [1.165, 1.54) is 24.7 Å². The lowest BCUT2D eigenvalue weighted by Gasteiger charge is -2.35. The number of carboxylic acids is 1. The minimum atomic E-state index is -1.07. The van der Waals surface area contributed by atoms with Crippen LogP contribution >= 0.6 is 24.0 Å². The summed E-state index contributed by atoms with van der Waals surface area (Å²) in [5, 5.41) is 41.4. The van der Waals surface area contributed by atoms with Gasteiger partial charge in [0.1, 0.15) is 63.3 Å². The highest BCUT2D eigenvalue weighted by Gasteiger charge is 2.32. The predicted octanol–water partition coefficient (Wildman–Crippen LogP) is 12.3. The molecule has 0 spiro atoms. The molecule has 4 atom stereocenters. The van der Waals surface area contributed by atoms with E-state index in [0.717, 1.165) is 104 Å². The minimum absolute atomic E-state index is 0. The van der Waals surface area contributed by atoms with Crippen molar-refractivity contribution < 1.29 is 71.9 Å². The van der Waals surface area contributed by atoms with E-state index >= 15 is 0 Å². The van der Waals surface area contributed by atoms with Crippen molar-refractivity contribution in [2.75, 3.05) is 94.7 Å². The first-order chi connectivity index (χ1) is 52.6. The standard InChI is InChI=1S/C20H28N4O4.C18H21N5O3.C15H20N4O2.C10H9ClN2O2.C10H20N2O2.C3H3NO2.CH4.ClH/c1-5-27-18(25)15-11-22-17-14(8-9-21-17)16(15)23-13-7-6-10-24(12-13)19(26)28-20(2,3)4;1-2-26-18(25)14-10-21-17-13(6-8-20-17)16(14)22-12-4-3-9-23(11-12)15(24)5-7-19;1-2-21-15(20)12-9-18-14-11(5-7-17-14)13(12)19-10-4-3-6-16-8-10;1-2-15-10(14)7-5-13-9-6(8(7)11)3-4-12-9;1-10(2,3)14-9(13)12-6-4-5-8(11)7-12;4-2-1-3(5)6;;/h8-9,11,13H,5-7,10,12H2,1-4H3,(H2,21,22,23);6,8,10,12H,2-5,9,11H2,1H3,(H2,20,21,22);5,7,9-10,16H,2-4,6,8H2,1H3,(H2,17,18,19);3-5H,2H2,1H3,(H,12,13);8H,4-7,11H2,1-3H3;1H2,(H,5,6);1H4;1H/t13-;12-;10-;;8-;;;/m000.0.../s1. The van der Waals surface area contributed by atoms with Gasteiger partial charge < -0.3 is 95.2 Å². The van der Waals surface area contributed by atoms with Gasteiger partial charge in [-0.3, -0.25) is 9.59 Å². The van der Waals surface area contributed by atoms with Crippen LogP contribution < -0.4 is 27.0 Å². The molecule has 8 aromatic rings. The van der Waals surface area contributed by atoms with E-state index in [4.69, 9.17) is 61.4 Å². The van der Waals surface area contributed by atoms with Crippen LogP contribution in [0.2, 0.25) is 5.02 Å². The van der Waals surface area contributed by atoms with E-state index in [0.29, 0.717) is 114 Å². The molecule has 4 aliphatic rings. The van der Waals surface area contributed by atoms with Gasteiger partial charge >= 0.3 is 42.0 Å². The molecule has 12 heterocycles. The van der Waals surface area contributed by atoms with E-state index in [-0.39, 0.29) is 75.0 Å². The Balaban J connectivity index is 0.000000249. The first-order valence-electron chi connectivity index (χ1n) is 36.7. The maximum absolute atomic E-state index is 12.4. The number of hydrogen-bond acceptors (Lipinski definition) is 25. The molecule has 0 saturated carbocycles. The van der Waals surface area contributed by atoms with E-state index in [2.05, 4.69) is 61.1 Å². The molecular weight excluding hydrogens is 1490 g/mol. The van der Waals surface area contributed by atoms with Crippen molar-refractivity contribution in [1.82, 2.24) is 59.9 Å². The van der Waals surface area contributed by atoms with Crippen molar-refractivity contribution in [1.29, 1.82) is 10.5 Å². The van der Waals surface area contributed by atoms with Gasteiger partial charge in [-0.2, -0.15) is 10.5 Å². The Morgan fingerprint density at radius 3 is 1.24 bits per heavy atom. The molecule has 3 amide bonds. The number of esters is 4. The van der Waals surface area contributed by atoms with Crippen LogP contribution in [0.25, 0.3) is 44.1 Å². The van der Waals surface area contributed by atoms with Crippen LogP contribution in [0.15, 0.2) is 73.8 Å². The summed E-state index contributed by atoms with van der Waals surface area (Å²) < 4.78 is 31.1. The third-order valence-electron chi connectivity index (χ3n) is 17.0. The van der Waals surface area contributed by atoms with Gasteiger partial charge in [0.25, 0.3) is 0 Å². The van der Waals surface area contributed by atoms with Gasteiger partial charge in [-0.15, -0.1) is 12.4 Å². The van der Waals surface area contributed by atoms with Gasteiger partial charge in [-0.25, -0.2) is 48.7 Å². The summed E-state index contributed by atoms with van der Waals surface area (Å²) in [6, 6.07) is 11.2. The fourth-order valence-corrected chi connectivity index (χ4v) is 12.4. The largest absolute Gasteiger partial charge is 0.480 e. The number of piperidine rings is 4. The van der Waals surface area contributed by atoms with Crippen molar-refractivity contribution in [3.05, 3.63) is 101 Å². The molecule has 11 N–H and O–H groups in total. The maximum Gasteiger partial charge on any atom is 0.410 e. The number of aliphatic carboxylic acids is 1. The van der Waals surface area contributed by atoms with Crippen LogP contribution in [-0.2, 0) is 38.0 Å². The summed E-state index contributed by atoms with van der Waals surface area (Å²) in [7, 11) is 0. The molecule has 0 aliphatic carbocycles. The number of anilines is 3. The van der Waals surface area contributed by atoms with Crippen molar-refractivity contribution in [2.24, 2.45) is 5.73 Å². The number of aromatic nitrogens is 8. The summed E-state index contributed by atoms with van der Waals surface area (Å²) in [6.07, 6.45) is 19.7. The van der Waals surface area contributed by atoms with Crippen LogP contribution in [0.3, 0.4) is 0 Å². The zero-order chi connectivity index (χ0) is 80.1. The highest BCUT2D eigenvalue weighted by Crippen LogP contribution is 2.33. The highest BCUT2D eigenvalue weighted by atomic mass is 35.5. The number of nitrogens with one attached hydrogen (secondary N) is 8. The number of rotatable bonds is 16. The van der Waals surface area contributed by atoms with Crippen molar-refractivity contribution in [3.63, 3.8) is 0 Å². The lowest BCUT2D eigenvalue weighted by molar-refractivity contribution is -0.136. The number of pyridine rings is 4. The van der Waals surface area contributed by atoms with Crippen molar-refractivity contribution in [2.45, 2.75) is 176 Å². The number of carboxylic acid groups (broad SMARTS) is 1. The first-order valence-corrected chi connectivity index (χ1v) is 37.1. The number of H-pyrrole nitrogens is 4. The van der Waals surface area contributed by atoms with Gasteiger partial charge in [-0.05, 0) is 151 Å². The van der Waals surface area contributed by atoms with Crippen molar-refractivity contribution in [3.8, 4) is 12.1 Å². The second-order valence-corrected chi connectivity index (χ2v) is 28.2. The highest BCUT2D eigenvalue weighted by molar-refractivity contribution is 6.38. The topological polar surface area (TPSA) is 458 Å². The number of ether oxygens (including phenoxy) is 6. The average molecular weight is 1590 g/mol. The molecule has 4 saturated heterocycles. The number of hydrogen-bond donors (Lipinski definition) is 10. The molecule has 35 heteroatoms. The number of carbonyl (C=O) groups is 8. The lowest BCUT2D eigenvalue weighted by atomic mass is 10.0. The van der Waals surface area contributed by atoms with Crippen LogP contribution in [0.5, 0.6) is 0 Å². The molecule has 4 aliphatic heterocycles. The third-order valence-corrected chi connectivity index (χ3v) is 17.4. The first kappa shape index (κ1) is 91.6. The molecule has 112 heavy (non-hydrogen) atoms. The molecule has 608 valence electrons. The van der Waals surface area contributed by atoms with Crippen molar-refractivity contribution >= 4 is 133 Å². The van der Waals surface area contributed by atoms with Gasteiger partial charge in [0.15, 0.2) is 0 Å². The molecule has 8 aromatic heterocycles. The summed E-state index contributed by atoms with van der Waals surface area (Å²) in [6.45, 7) is 25.2. The van der Waals surface area contributed by atoms with Crippen LogP contribution in [0.1, 0.15) is 182 Å². The molecule has 4 fully saturated rings. The molecule has 33 nitrogen and oxygen atoms in total. The Hall–Kier alpha value is -11.0. The van der Waals surface area contributed by atoms with E-state index < -0.39 is 41.5 Å². The smallest absolute Gasteiger partial charge is 0.410 e. The van der Waals surface area contributed by atoms with Crippen LogP contribution in [-0.4, -0.2) is 222 Å². The minimum Gasteiger partial charge on any atom is -0.480 e. The number of halogens is 2. The summed E-state index contributed by atoms with van der Waals surface area (Å²) in [5.74, 6) is -2.86. The number of nitrogens with two attached hydrogens (primary N) is 1. The second-order valence-electron chi connectivity index (χ2n) is 27.8. The molecule has 0 unspecified atom stereocenters. The number of nitriles is 2.